The summed E-state index contributed by atoms with van der Waals surface area (Å²) in [5, 5.41) is 1.10. The molecule has 0 amide bonds. The Hall–Kier alpha value is -1.44. The Morgan fingerprint density at radius 2 is 1.78 bits per heavy atom. The number of ether oxygens (including phenoxy) is 1. The van der Waals surface area contributed by atoms with Crippen molar-refractivity contribution in [2.75, 3.05) is 0 Å². The van der Waals surface area contributed by atoms with Crippen LogP contribution in [0.3, 0.4) is 0 Å². The first-order chi connectivity index (χ1) is 8.74. The van der Waals surface area contributed by atoms with Gasteiger partial charge in [-0.25, -0.2) is 0 Å². The number of fused-ring (bicyclic) bond motifs is 1. The molecule has 1 heterocycles. The van der Waals surface area contributed by atoms with Gasteiger partial charge in [0.25, 0.3) is 0 Å². The van der Waals surface area contributed by atoms with E-state index in [0.717, 1.165) is 16.9 Å². The zero-order valence-corrected chi connectivity index (χ0v) is 10.9. The Bertz CT molecular complexity index is 620. The fourth-order valence-electron chi connectivity index (χ4n) is 1.96. The highest BCUT2D eigenvalue weighted by Crippen LogP contribution is 2.34. The van der Waals surface area contributed by atoms with E-state index < -0.39 is 0 Å². The summed E-state index contributed by atoms with van der Waals surface area (Å²) in [4.78, 5) is 0. The summed E-state index contributed by atoms with van der Waals surface area (Å²) in [6.07, 6.45) is 3.96. The zero-order chi connectivity index (χ0) is 12.5. The Labute approximate surface area is 116 Å². The van der Waals surface area contributed by atoms with Gasteiger partial charge < -0.3 is 4.74 Å². The molecule has 1 atom stereocenters. The fourth-order valence-corrected chi connectivity index (χ4v) is 2.27. The smallest absolute Gasteiger partial charge is 0.142 e. The monoisotopic (exact) mass is 276 g/mol. The Kier molecular flexibility index (Phi) is 3.02. The van der Waals surface area contributed by atoms with Crippen LogP contribution in [0.4, 0.5) is 0 Å². The van der Waals surface area contributed by atoms with Crippen molar-refractivity contribution in [3.05, 3.63) is 69.7 Å². The lowest BCUT2D eigenvalue weighted by Crippen LogP contribution is -2.08. The molecule has 0 N–H and O–H groups in total. The van der Waals surface area contributed by atoms with Crippen LogP contribution in [0.5, 0.6) is 5.75 Å². The van der Waals surface area contributed by atoms with E-state index in [1.807, 2.05) is 42.5 Å². The fraction of sp³-hybridized carbons (Fsp3) is 0.0667. The number of hydrogen-bond acceptors (Lipinski definition) is 1. The Balaban J connectivity index is 1.94. The lowest BCUT2D eigenvalue weighted by molar-refractivity contribution is 0.252. The molecule has 1 nitrogen and oxygen atoms in total. The van der Waals surface area contributed by atoms with Gasteiger partial charge in [-0.05, 0) is 29.8 Å². The molecule has 90 valence electrons. The molecule has 0 bridgehead atoms. The van der Waals surface area contributed by atoms with Gasteiger partial charge in [0, 0.05) is 5.56 Å². The molecule has 18 heavy (non-hydrogen) atoms. The summed E-state index contributed by atoms with van der Waals surface area (Å²) in [6.45, 7) is 0. The normalized spacial score (nSPS) is 17.1. The van der Waals surface area contributed by atoms with E-state index in [1.165, 1.54) is 0 Å². The maximum Gasteiger partial charge on any atom is 0.142 e. The third-order valence-electron chi connectivity index (χ3n) is 2.90. The highest BCUT2D eigenvalue weighted by atomic mass is 35.5. The largest absolute Gasteiger partial charge is 0.481 e. The quantitative estimate of drug-likeness (QED) is 0.701. The summed E-state index contributed by atoms with van der Waals surface area (Å²) < 4.78 is 5.92. The molecule has 0 saturated carbocycles. The molecule has 2 aromatic carbocycles. The minimum absolute atomic E-state index is 0.116. The summed E-state index contributed by atoms with van der Waals surface area (Å²) in [7, 11) is 0. The number of para-hydroxylation sites is 1. The molecule has 0 aliphatic carbocycles. The zero-order valence-electron chi connectivity index (χ0n) is 9.44. The van der Waals surface area contributed by atoms with E-state index in [4.69, 9.17) is 27.9 Å². The number of rotatable bonds is 1. The van der Waals surface area contributed by atoms with Gasteiger partial charge >= 0.3 is 0 Å². The van der Waals surface area contributed by atoms with Crippen LogP contribution in [0.1, 0.15) is 17.2 Å². The third kappa shape index (κ3) is 2.12. The first-order valence-electron chi connectivity index (χ1n) is 5.63. The van der Waals surface area contributed by atoms with Crippen LogP contribution in [-0.4, -0.2) is 0 Å². The molecule has 3 heteroatoms. The predicted molar refractivity (Wildman–Crippen MR) is 75.3 cm³/mol. The number of benzene rings is 2. The van der Waals surface area contributed by atoms with Crippen LogP contribution < -0.4 is 4.74 Å². The molecular formula is C15H10Cl2O. The van der Waals surface area contributed by atoms with Crippen LogP contribution >= 0.6 is 23.2 Å². The standard InChI is InChI=1S/C15H10Cl2O/c16-12-7-5-11(9-13(12)17)15-8-6-10-3-1-2-4-14(10)18-15/h1-9,15H/t15-/m0/s1. The lowest BCUT2D eigenvalue weighted by atomic mass is 10.0. The topological polar surface area (TPSA) is 9.23 Å². The van der Waals surface area contributed by atoms with E-state index in [2.05, 4.69) is 6.08 Å². The van der Waals surface area contributed by atoms with Gasteiger partial charge in [-0.1, -0.05) is 53.5 Å². The molecule has 1 aliphatic heterocycles. The molecule has 0 fully saturated rings. The summed E-state index contributed by atoms with van der Waals surface area (Å²) >= 11 is 11.9. The first kappa shape index (κ1) is 11.6. The third-order valence-corrected chi connectivity index (χ3v) is 3.63. The Morgan fingerprint density at radius 1 is 0.944 bits per heavy atom. The van der Waals surface area contributed by atoms with E-state index in [-0.39, 0.29) is 6.10 Å². The van der Waals surface area contributed by atoms with Gasteiger partial charge in [0.1, 0.15) is 11.9 Å². The second-order valence-electron chi connectivity index (χ2n) is 4.11. The van der Waals surface area contributed by atoms with Crippen molar-refractivity contribution in [3.8, 4) is 5.75 Å². The minimum Gasteiger partial charge on any atom is -0.481 e. The first-order valence-corrected chi connectivity index (χ1v) is 6.38. The molecule has 0 aromatic heterocycles. The Morgan fingerprint density at radius 3 is 2.61 bits per heavy atom. The van der Waals surface area contributed by atoms with Gasteiger partial charge in [0.05, 0.1) is 10.0 Å². The van der Waals surface area contributed by atoms with E-state index in [0.29, 0.717) is 10.0 Å². The number of halogens is 2. The van der Waals surface area contributed by atoms with Crippen LogP contribution in [-0.2, 0) is 0 Å². The highest BCUT2D eigenvalue weighted by Gasteiger charge is 2.16. The molecular weight excluding hydrogens is 267 g/mol. The SMILES string of the molecule is Clc1ccc([C@@H]2C=Cc3ccccc3O2)cc1Cl. The van der Waals surface area contributed by atoms with Crippen LogP contribution in [0, 0.1) is 0 Å². The maximum absolute atomic E-state index is 6.02. The molecule has 1 aliphatic rings. The number of hydrogen-bond donors (Lipinski definition) is 0. The average Bonchev–Trinajstić information content (AvgIpc) is 2.41. The summed E-state index contributed by atoms with van der Waals surface area (Å²) in [5.74, 6) is 0.885. The van der Waals surface area contributed by atoms with Gasteiger partial charge in [-0.15, -0.1) is 0 Å². The summed E-state index contributed by atoms with van der Waals surface area (Å²) in [6, 6.07) is 13.5. The maximum atomic E-state index is 6.02. The van der Waals surface area contributed by atoms with Crippen LogP contribution in [0.2, 0.25) is 10.0 Å². The van der Waals surface area contributed by atoms with Gasteiger partial charge in [-0.3, -0.25) is 0 Å². The van der Waals surface area contributed by atoms with Crippen molar-refractivity contribution < 1.29 is 4.74 Å². The van der Waals surface area contributed by atoms with Crippen LogP contribution in [0.25, 0.3) is 6.08 Å². The second kappa shape index (κ2) is 4.68. The van der Waals surface area contributed by atoms with Crippen molar-refractivity contribution in [3.63, 3.8) is 0 Å². The van der Waals surface area contributed by atoms with Crippen molar-refractivity contribution in [1.29, 1.82) is 0 Å². The van der Waals surface area contributed by atoms with Crippen molar-refractivity contribution >= 4 is 29.3 Å². The minimum atomic E-state index is -0.116. The molecule has 0 saturated heterocycles. The van der Waals surface area contributed by atoms with Crippen molar-refractivity contribution in [2.45, 2.75) is 6.10 Å². The van der Waals surface area contributed by atoms with Crippen LogP contribution in [0.15, 0.2) is 48.5 Å². The van der Waals surface area contributed by atoms with Gasteiger partial charge in [0.2, 0.25) is 0 Å². The predicted octanol–water partition coefficient (Wildman–Crippen LogP) is 5.14. The van der Waals surface area contributed by atoms with E-state index in [9.17, 15) is 0 Å². The van der Waals surface area contributed by atoms with Crippen molar-refractivity contribution in [1.82, 2.24) is 0 Å². The van der Waals surface area contributed by atoms with Crippen molar-refractivity contribution in [2.24, 2.45) is 0 Å². The molecule has 0 spiro atoms. The lowest BCUT2D eigenvalue weighted by Gasteiger charge is -2.22. The molecule has 3 rings (SSSR count). The summed E-state index contributed by atoms with van der Waals surface area (Å²) in [5.41, 5.74) is 2.09. The highest BCUT2D eigenvalue weighted by molar-refractivity contribution is 6.42. The molecule has 2 aromatic rings. The molecule has 0 unspecified atom stereocenters. The van der Waals surface area contributed by atoms with E-state index in [1.54, 1.807) is 6.07 Å². The van der Waals surface area contributed by atoms with Gasteiger partial charge in [-0.2, -0.15) is 0 Å². The van der Waals surface area contributed by atoms with E-state index >= 15 is 0 Å². The average molecular weight is 277 g/mol. The van der Waals surface area contributed by atoms with Gasteiger partial charge in [0.15, 0.2) is 0 Å². The molecule has 0 radical (unpaired) electrons. The second-order valence-corrected chi connectivity index (χ2v) is 4.92.